The maximum atomic E-state index is 11.7. The van der Waals surface area contributed by atoms with Gasteiger partial charge < -0.3 is 10.5 Å². The first-order valence-corrected chi connectivity index (χ1v) is 6.32. The summed E-state index contributed by atoms with van der Waals surface area (Å²) in [5.41, 5.74) is 5.46. The van der Waals surface area contributed by atoms with Crippen LogP contribution < -0.4 is 5.73 Å². The Morgan fingerprint density at radius 1 is 1.33 bits per heavy atom. The number of ether oxygens (including phenoxy) is 1. The molecule has 1 aliphatic carbocycles. The highest BCUT2D eigenvalue weighted by Gasteiger charge is 2.17. The SMILES string of the molecule is NC(=O)n1ccc(C(=O)OCC2CCCCC2)c1. The van der Waals surface area contributed by atoms with Gasteiger partial charge in [-0.05, 0) is 24.8 Å². The summed E-state index contributed by atoms with van der Waals surface area (Å²) < 4.78 is 6.42. The molecule has 0 radical (unpaired) electrons. The number of aromatic nitrogens is 1. The number of nitrogens with two attached hydrogens (primary N) is 1. The molecule has 0 atom stereocenters. The fraction of sp³-hybridized carbons (Fsp3) is 0.538. The van der Waals surface area contributed by atoms with E-state index < -0.39 is 6.03 Å². The van der Waals surface area contributed by atoms with Crippen molar-refractivity contribution < 1.29 is 14.3 Å². The van der Waals surface area contributed by atoms with Gasteiger partial charge in [-0.1, -0.05) is 19.3 Å². The molecule has 1 aromatic rings. The quantitative estimate of drug-likeness (QED) is 0.835. The Morgan fingerprint density at radius 3 is 2.67 bits per heavy atom. The molecule has 0 spiro atoms. The van der Waals surface area contributed by atoms with Gasteiger partial charge >= 0.3 is 12.0 Å². The van der Waals surface area contributed by atoms with E-state index in [4.69, 9.17) is 10.5 Å². The second-order valence-corrected chi connectivity index (χ2v) is 4.75. The number of esters is 1. The number of hydrogen-bond donors (Lipinski definition) is 1. The van der Waals surface area contributed by atoms with Gasteiger partial charge in [0.15, 0.2) is 0 Å². The molecule has 18 heavy (non-hydrogen) atoms. The minimum atomic E-state index is -0.610. The fourth-order valence-electron chi connectivity index (χ4n) is 2.29. The van der Waals surface area contributed by atoms with Crippen LogP contribution in [0.15, 0.2) is 18.5 Å². The van der Waals surface area contributed by atoms with Crippen LogP contribution in [0.5, 0.6) is 0 Å². The molecular formula is C13H18N2O3. The molecule has 1 aromatic heterocycles. The molecule has 1 aliphatic rings. The van der Waals surface area contributed by atoms with Gasteiger partial charge in [0.25, 0.3) is 0 Å². The van der Waals surface area contributed by atoms with Crippen molar-refractivity contribution in [2.24, 2.45) is 11.7 Å². The van der Waals surface area contributed by atoms with E-state index in [0.29, 0.717) is 18.1 Å². The van der Waals surface area contributed by atoms with Gasteiger partial charge in [-0.15, -0.1) is 0 Å². The highest BCUT2D eigenvalue weighted by molar-refractivity contribution is 5.90. The summed E-state index contributed by atoms with van der Waals surface area (Å²) in [5.74, 6) is 0.0986. The first-order valence-electron chi connectivity index (χ1n) is 6.32. The Bertz CT molecular complexity index is 433. The van der Waals surface area contributed by atoms with E-state index in [-0.39, 0.29) is 5.97 Å². The van der Waals surface area contributed by atoms with Gasteiger partial charge in [0.1, 0.15) is 0 Å². The number of nitrogens with zero attached hydrogens (tertiary/aromatic N) is 1. The molecule has 0 unspecified atom stereocenters. The van der Waals surface area contributed by atoms with Crippen LogP contribution in [-0.4, -0.2) is 23.2 Å². The third-order valence-electron chi connectivity index (χ3n) is 3.36. The van der Waals surface area contributed by atoms with E-state index in [1.807, 2.05) is 0 Å². The van der Waals surface area contributed by atoms with Crippen molar-refractivity contribution in [1.82, 2.24) is 4.57 Å². The van der Waals surface area contributed by atoms with Crippen molar-refractivity contribution in [1.29, 1.82) is 0 Å². The van der Waals surface area contributed by atoms with E-state index in [1.165, 1.54) is 37.7 Å². The Labute approximate surface area is 106 Å². The van der Waals surface area contributed by atoms with E-state index in [1.54, 1.807) is 0 Å². The van der Waals surface area contributed by atoms with Crippen LogP contribution in [-0.2, 0) is 4.74 Å². The zero-order chi connectivity index (χ0) is 13.0. The lowest BCUT2D eigenvalue weighted by atomic mass is 9.90. The number of rotatable bonds is 3. The molecule has 2 N–H and O–H groups in total. The fourth-order valence-corrected chi connectivity index (χ4v) is 2.29. The van der Waals surface area contributed by atoms with Gasteiger partial charge in [-0.25, -0.2) is 9.59 Å². The van der Waals surface area contributed by atoms with Gasteiger partial charge in [0.2, 0.25) is 0 Å². The largest absolute Gasteiger partial charge is 0.462 e. The smallest absolute Gasteiger partial charge is 0.339 e. The lowest BCUT2D eigenvalue weighted by Gasteiger charge is -2.20. The zero-order valence-electron chi connectivity index (χ0n) is 10.3. The minimum absolute atomic E-state index is 0.365. The van der Waals surface area contributed by atoms with Crippen molar-refractivity contribution in [2.75, 3.05) is 6.61 Å². The average molecular weight is 250 g/mol. The van der Waals surface area contributed by atoms with Gasteiger partial charge in [-0.2, -0.15) is 0 Å². The van der Waals surface area contributed by atoms with Crippen molar-refractivity contribution in [3.63, 3.8) is 0 Å². The van der Waals surface area contributed by atoms with Gasteiger partial charge in [-0.3, -0.25) is 4.57 Å². The second kappa shape index (κ2) is 5.71. The predicted molar refractivity (Wildman–Crippen MR) is 66.3 cm³/mol. The highest BCUT2D eigenvalue weighted by atomic mass is 16.5. The summed E-state index contributed by atoms with van der Waals surface area (Å²) in [6.07, 6.45) is 8.85. The zero-order valence-corrected chi connectivity index (χ0v) is 10.3. The third kappa shape index (κ3) is 3.12. The Morgan fingerprint density at radius 2 is 2.06 bits per heavy atom. The van der Waals surface area contributed by atoms with Crippen molar-refractivity contribution in [2.45, 2.75) is 32.1 Å². The monoisotopic (exact) mass is 250 g/mol. The number of carbonyl (C=O) groups excluding carboxylic acids is 2. The number of primary amides is 1. The summed E-state index contributed by atoms with van der Waals surface area (Å²) in [6.45, 7) is 0.473. The van der Waals surface area contributed by atoms with Crippen molar-refractivity contribution >= 4 is 12.0 Å². The number of amides is 1. The molecule has 5 heteroatoms. The van der Waals surface area contributed by atoms with Crippen LogP contribution in [0, 0.1) is 5.92 Å². The summed E-state index contributed by atoms with van der Waals surface area (Å²) in [6, 6.07) is 0.926. The van der Waals surface area contributed by atoms with Crippen LogP contribution >= 0.6 is 0 Å². The first kappa shape index (κ1) is 12.7. The summed E-state index contributed by atoms with van der Waals surface area (Å²) in [4.78, 5) is 22.6. The maximum absolute atomic E-state index is 11.7. The Hall–Kier alpha value is -1.78. The maximum Gasteiger partial charge on any atom is 0.339 e. The molecule has 0 aliphatic heterocycles. The summed E-state index contributed by atoms with van der Waals surface area (Å²) >= 11 is 0. The molecule has 98 valence electrons. The van der Waals surface area contributed by atoms with Crippen molar-refractivity contribution in [3.8, 4) is 0 Å². The Balaban J connectivity index is 1.84. The van der Waals surface area contributed by atoms with Crippen LogP contribution in [0.25, 0.3) is 0 Å². The Kier molecular flexibility index (Phi) is 4.02. The summed E-state index contributed by atoms with van der Waals surface area (Å²) in [5, 5.41) is 0. The van der Waals surface area contributed by atoms with Crippen LogP contribution in [0.2, 0.25) is 0 Å². The minimum Gasteiger partial charge on any atom is -0.462 e. The third-order valence-corrected chi connectivity index (χ3v) is 3.36. The van der Waals surface area contributed by atoms with Crippen molar-refractivity contribution in [3.05, 3.63) is 24.0 Å². The number of hydrogen-bond acceptors (Lipinski definition) is 3. The van der Waals surface area contributed by atoms with Gasteiger partial charge in [0.05, 0.1) is 12.2 Å². The van der Waals surface area contributed by atoms with E-state index in [0.717, 1.165) is 17.4 Å². The topological polar surface area (TPSA) is 74.3 Å². The van der Waals surface area contributed by atoms with E-state index >= 15 is 0 Å². The van der Waals surface area contributed by atoms with Gasteiger partial charge in [0, 0.05) is 12.4 Å². The van der Waals surface area contributed by atoms with Crippen LogP contribution in [0.4, 0.5) is 4.79 Å². The molecule has 1 fully saturated rings. The predicted octanol–water partition coefficient (Wildman–Crippen LogP) is 2.15. The average Bonchev–Trinajstić information content (AvgIpc) is 2.87. The molecule has 0 saturated heterocycles. The standard InChI is InChI=1S/C13H18N2O3/c14-13(17)15-7-6-11(8-15)12(16)18-9-10-4-2-1-3-5-10/h6-8,10H,1-5,9H2,(H2,14,17). The first-order chi connectivity index (χ1) is 8.66. The molecule has 1 saturated carbocycles. The van der Waals surface area contributed by atoms with Crippen LogP contribution in [0.1, 0.15) is 42.5 Å². The second-order valence-electron chi connectivity index (χ2n) is 4.75. The molecule has 5 nitrogen and oxygen atoms in total. The normalized spacial score (nSPS) is 16.4. The lowest BCUT2D eigenvalue weighted by molar-refractivity contribution is 0.0410. The molecule has 0 bridgehead atoms. The molecule has 1 heterocycles. The molecule has 0 aromatic carbocycles. The lowest BCUT2D eigenvalue weighted by Crippen LogP contribution is -2.18. The highest BCUT2D eigenvalue weighted by Crippen LogP contribution is 2.23. The molecule has 1 amide bonds. The molecular weight excluding hydrogens is 232 g/mol. The number of carbonyl (C=O) groups is 2. The van der Waals surface area contributed by atoms with Crippen LogP contribution in [0.3, 0.4) is 0 Å². The van der Waals surface area contributed by atoms with E-state index in [2.05, 4.69) is 0 Å². The summed E-state index contributed by atoms with van der Waals surface area (Å²) in [7, 11) is 0. The molecule has 2 rings (SSSR count). The van der Waals surface area contributed by atoms with E-state index in [9.17, 15) is 9.59 Å².